The summed E-state index contributed by atoms with van der Waals surface area (Å²) in [6.07, 6.45) is -7.06. The van der Waals surface area contributed by atoms with Crippen LogP contribution in [0.4, 0.5) is 20.4 Å². The number of anilines is 2. The number of halogens is 2. The number of thiol groups is 1. The summed E-state index contributed by atoms with van der Waals surface area (Å²) in [6.45, 7) is -5.11. The third-order valence-corrected chi connectivity index (χ3v) is 9.19. The van der Waals surface area contributed by atoms with Crippen molar-refractivity contribution in [2.24, 2.45) is 0 Å². The molecule has 0 aromatic carbocycles. The average molecular weight is 688 g/mol. The van der Waals surface area contributed by atoms with E-state index < -0.39 is 62.6 Å². The number of fused-ring (bicyclic) bond motifs is 2. The molecule has 45 heavy (non-hydrogen) atoms. The molecule has 4 N–H and O–H groups in total. The van der Waals surface area contributed by atoms with Crippen LogP contribution in [-0.4, -0.2) is 103 Å². The Bertz CT molecular complexity index is 1750. The van der Waals surface area contributed by atoms with Crippen LogP contribution in [0.15, 0.2) is 25.3 Å². The molecule has 4 aromatic rings. The van der Waals surface area contributed by atoms with Crippen LogP contribution in [0.5, 0.6) is 0 Å². The summed E-state index contributed by atoms with van der Waals surface area (Å²) in [5.74, 6) is 0.148. The third-order valence-electron chi connectivity index (χ3n) is 7.12. The molecular weight excluding hydrogens is 663 g/mol. The van der Waals surface area contributed by atoms with Gasteiger partial charge in [-0.2, -0.15) is 0 Å². The lowest BCUT2D eigenvalue weighted by Crippen LogP contribution is -2.35. The number of aromatic nitrogens is 8. The summed E-state index contributed by atoms with van der Waals surface area (Å²) in [4.78, 5) is 35.3. The van der Waals surface area contributed by atoms with Crippen LogP contribution in [-0.2, 0) is 37.1 Å². The van der Waals surface area contributed by atoms with E-state index in [0.29, 0.717) is 0 Å². The highest BCUT2D eigenvalue weighted by atomic mass is 32.7. The topological polar surface area (TPSA) is 229 Å². The first-order valence-corrected chi connectivity index (χ1v) is 17.2. The molecule has 2 aliphatic heterocycles. The van der Waals surface area contributed by atoms with E-state index in [1.165, 1.54) is 34.4 Å². The molecule has 0 bridgehead atoms. The number of ether oxygens (including phenoxy) is 3. The second-order valence-corrected chi connectivity index (χ2v) is 13.3. The Balaban J connectivity index is 1.18. The molecule has 6 rings (SSSR count). The third kappa shape index (κ3) is 6.08. The average Bonchev–Trinajstić information content (AvgIpc) is 3.77. The van der Waals surface area contributed by atoms with Gasteiger partial charge in [-0.25, -0.2) is 43.2 Å². The fraction of sp³-hybridized carbons (Fsp3) is 0.476. The molecule has 0 aliphatic carbocycles. The van der Waals surface area contributed by atoms with Crippen molar-refractivity contribution in [2.75, 3.05) is 24.7 Å². The second-order valence-electron chi connectivity index (χ2n) is 9.73. The van der Waals surface area contributed by atoms with Gasteiger partial charge in [0, 0.05) is 0 Å². The zero-order chi connectivity index (χ0) is 31.9. The maximum Gasteiger partial charge on any atom is 0.386 e. The molecule has 0 saturated carbocycles. The maximum atomic E-state index is 16.0. The van der Waals surface area contributed by atoms with Gasteiger partial charge in [-0.3, -0.25) is 23.0 Å². The minimum atomic E-state index is -4.40. The summed E-state index contributed by atoms with van der Waals surface area (Å²) in [6, 6.07) is 0. The first-order chi connectivity index (χ1) is 21.6. The molecule has 4 aromatic heterocycles. The quantitative estimate of drug-likeness (QED) is 0.0794. The number of nitrogens with two attached hydrogens (primary N) is 2. The molecule has 2 unspecified atom stereocenters. The van der Waals surface area contributed by atoms with Crippen molar-refractivity contribution in [1.82, 2.24) is 39.0 Å². The summed E-state index contributed by atoms with van der Waals surface area (Å²) in [5, 5.41) is 0. The Kier molecular flexibility index (Phi) is 9.18. The molecule has 0 radical (unpaired) electrons. The summed E-state index contributed by atoms with van der Waals surface area (Å²) < 4.78 is 80.5. The van der Waals surface area contributed by atoms with E-state index in [2.05, 4.69) is 42.2 Å². The molecule has 2 aliphatic rings. The summed E-state index contributed by atoms with van der Waals surface area (Å²) in [5.41, 5.74) is 12.5. The second kappa shape index (κ2) is 13.0. The minimum Gasteiger partial charge on any atom is -0.458 e. The molecule has 0 amide bonds. The normalized spacial score (nSPS) is 30.0. The lowest BCUT2D eigenvalue weighted by molar-refractivity contribution is -0.139. The van der Waals surface area contributed by atoms with Crippen molar-refractivity contribution in [3.05, 3.63) is 25.3 Å². The lowest BCUT2D eigenvalue weighted by atomic mass is 10.1. The number of nitrogen functional groups attached to an aromatic ring is 2. The molecule has 2 fully saturated rings. The van der Waals surface area contributed by atoms with Crippen LogP contribution in [0.3, 0.4) is 0 Å². The number of imidazole rings is 2. The summed E-state index contributed by atoms with van der Waals surface area (Å²) >= 11 is 4.02. The zero-order valence-electron chi connectivity index (χ0n) is 23.1. The number of alkyl halides is 2. The first kappa shape index (κ1) is 31.9. The molecule has 18 nitrogen and oxygen atoms in total. The molecule has 0 spiro atoms. The smallest absolute Gasteiger partial charge is 0.386 e. The Labute approximate surface area is 259 Å². The highest BCUT2D eigenvalue weighted by Gasteiger charge is 2.52. The van der Waals surface area contributed by atoms with Gasteiger partial charge < -0.3 is 30.2 Å². The van der Waals surface area contributed by atoms with Gasteiger partial charge in [-0.05, 0) is 8.69 Å². The van der Waals surface area contributed by atoms with Gasteiger partial charge in [0.05, 0.1) is 25.9 Å². The van der Waals surface area contributed by atoms with Gasteiger partial charge >= 0.3 is 6.80 Å². The predicted octanol–water partition coefficient (Wildman–Crippen LogP) is 0.441. The molecule has 6 heterocycles. The number of hydrogen-bond acceptors (Lipinski definition) is 16. The standard InChI is InChI=1S/C21H25BF2N10O8P2S/c22-43-38-1-8-15(11(24)21(40-8)34-6-32-13-17(26)28-4-30-19(13)34)42-44(36,45)39-2-9-14(37-7-35)10(23)20(41-9)33-5-31-12-16(25)27-3-29-18(12)33/h3-11,14-15,20-21,43H,1-2,22H2,(H,36,45)(H2,25,27,29)(H2,26,28,30)/t8-,9-,10-,11-,14-,15-,20-,21-,44?/m1/s1. The Morgan fingerprint density at radius 3 is 2.00 bits per heavy atom. The van der Waals surface area contributed by atoms with E-state index in [9.17, 15) is 9.36 Å². The fourth-order valence-corrected chi connectivity index (χ4v) is 6.90. The molecule has 24 heteroatoms. The van der Waals surface area contributed by atoms with E-state index in [1.807, 2.05) is 0 Å². The van der Waals surface area contributed by atoms with Gasteiger partial charge in [-0.15, -0.1) is 0 Å². The molecule has 10 atom stereocenters. The Morgan fingerprint density at radius 1 is 0.933 bits per heavy atom. The Morgan fingerprint density at radius 2 is 1.47 bits per heavy atom. The van der Waals surface area contributed by atoms with Crippen LogP contribution in [0.2, 0.25) is 0 Å². The predicted molar refractivity (Wildman–Crippen MR) is 158 cm³/mol. The van der Waals surface area contributed by atoms with E-state index >= 15 is 8.78 Å². The van der Waals surface area contributed by atoms with Crippen molar-refractivity contribution in [3.8, 4) is 0 Å². The minimum absolute atomic E-state index is 0.0312. The van der Waals surface area contributed by atoms with Gasteiger partial charge in [0.2, 0.25) is 0 Å². The molecule has 240 valence electrons. The van der Waals surface area contributed by atoms with Crippen molar-refractivity contribution < 1.29 is 45.9 Å². The highest BCUT2D eigenvalue weighted by Crippen LogP contribution is 2.57. The SMILES string of the molecule is BPOC[C@H]1O[C@@H](n2cnc3c(N)ncnc32)[C@H](F)[C@@H]1OP(=O)(S)OC[C@H]1O[C@@H](n2cnc3c(N)ncnc32)[C@H](F)[C@@H]1OC=O. The fourth-order valence-electron chi connectivity index (χ4n) is 5.09. The van der Waals surface area contributed by atoms with Gasteiger partial charge in [0.15, 0.2) is 61.4 Å². The van der Waals surface area contributed by atoms with Gasteiger partial charge in [-0.1, -0.05) is 12.2 Å². The Hall–Kier alpha value is -3.10. The monoisotopic (exact) mass is 688 g/mol. The van der Waals surface area contributed by atoms with Crippen molar-refractivity contribution >= 4 is 75.7 Å². The number of rotatable bonds is 12. The lowest BCUT2D eigenvalue weighted by Gasteiger charge is -2.24. The number of hydrogen-bond donors (Lipinski definition) is 3. The highest BCUT2D eigenvalue weighted by molar-refractivity contribution is 8.44. The first-order valence-electron chi connectivity index (χ1n) is 13.1. The summed E-state index contributed by atoms with van der Waals surface area (Å²) in [7, 11) is 1.79. The van der Waals surface area contributed by atoms with Crippen LogP contribution >= 0.6 is 27.7 Å². The zero-order valence-corrected chi connectivity index (χ0v) is 25.9. The van der Waals surface area contributed by atoms with E-state index in [0.717, 1.165) is 0 Å². The van der Waals surface area contributed by atoms with Crippen LogP contribution < -0.4 is 11.5 Å². The van der Waals surface area contributed by atoms with Crippen molar-refractivity contribution in [1.29, 1.82) is 0 Å². The van der Waals surface area contributed by atoms with Gasteiger partial charge in [0.1, 0.15) is 42.0 Å². The number of carbonyl (C=O) groups excluding carboxylic acids is 1. The van der Waals surface area contributed by atoms with Gasteiger partial charge in [0.25, 0.3) is 6.47 Å². The molecular formula is C21H25BF2N10O8P2S. The van der Waals surface area contributed by atoms with Crippen molar-refractivity contribution in [2.45, 2.75) is 49.2 Å². The van der Waals surface area contributed by atoms with Crippen molar-refractivity contribution in [3.63, 3.8) is 0 Å². The number of carbonyl (C=O) groups is 1. The van der Waals surface area contributed by atoms with E-state index in [-0.39, 0.29) is 55.7 Å². The maximum absolute atomic E-state index is 16.0. The molecule has 2 saturated heterocycles. The van der Waals surface area contributed by atoms with E-state index in [1.54, 1.807) is 7.57 Å². The number of nitrogens with zero attached hydrogens (tertiary/aromatic N) is 8. The largest absolute Gasteiger partial charge is 0.458 e. The van der Waals surface area contributed by atoms with Crippen LogP contribution in [0, 0.1) is 0 Å². The van der Waals surface area contributed by atoms with E-state index in [4.69, 9.17) is 39.2 Å². The van der Waals surface area contributed by atoms with Crippen LogP contribution in [0.1, 0.15) is 12.5 Å². The van der Waals surface area contributed by atoms with Crippen LogP contribution in [0.25, 0.3) is 22.3 Å².